The lowest BCUT2D eigenvalue weighted by atomic mass is 9.99. The van der Waals surface area contributed by atoms with Gasteiger partial charge in [0.2, 0.25) is 5.78 Å². The lowest BCUT2D eigenvalue weighted by Gasteiger charge is -2.20. The highest BCUT2D eigenvalue weighted by molar-refractivity contribution is 6.16. The van der Waals surface area contributed by atoms with Crippen LogP contribution in [-0.2, 0) is 13.6 Å². The molecule has 162 valence electrons. The van der Waals surface area contributed by atoms with Crippen LogP contribution in [0.5, 0.6) is 17.2 Å². The lowest BCUT2D eigenvalue weighted by molar-refractivity contribution is 0.101. The van der Waals surface area contributed by atoms with E-state index in [1.165, 1.54) is 0 Å². The first-order valence-corrected chi connectivity index (χ1v) is 10.5. The smallest absolute Gasteiger partial charge is 0.232 e. The largest absolute Gasteiger partial charge is 0.507 e. The minimum atomic E-state index is -0.159. The van der Waals surface area contributed by atoms with Crippen molar-refractivity contribution in [2.24, 2.45) is 7.05 Å². The molecule has 31 heavy (non-hydrogen) atoms. The molecule has 0 saturated heterocycles. The molecular formula is C25H28N2O4. The number of ketones is 1. The molecule has 4 rings (SSSR count). The molecule has 0 saturated carbocycles. The number of hydrogen-bond acceptors (Lipinski definition) is 5. The van der Waals surface area contributed by atoms with Gasteiger partial charge >= 0.3 is 0 Å². The number of phenols is 1. The Morgan fingerprint density at radius 2 is 1.97 bits per heavy atom. The van der Waals surface area contributed by atoms with Crippen LogP contribution in [0.4, 0.5) is 0 Å². The molecule has 1 aromatic heterocycles. The number of aromatic hydroxyl groups is 1. The fourth-order valence-electron chi connectivity index (χ4n) is 4.19. The number of carbonyl (C=O) groups is 1. The van der Waals surface area contributed by atoms with Gasteiger partial charge in [-0.15, -0.1) is 0 Å². The van der Waals surface area contributed by atoms with Crippen molar-refractivity contribution in [2.75, 3.05) is 20.2 Å². The highest BCUT2D eigenvalue weighted by Crippen LogP contribution is 2.42. The Balaban J connectivity index is 1.80. The van der Waals surface area contributed by atoms with Gasteiger partial charge < -0.3 is 19.1 Å². The summed E-state index contributed by atoms with van der Waals surface area (Å²) in [6.45, 7) is 8.17. The summed E-state index contributed by atoms with van der Waals surface area (Å²) in [7, 11) is 3.60. The van der Waals surface area contributed by atoms with E-state index < -0.39 is 0 Å². The number of allylic oxidation sites excluding steroid dienone is 1. The SMILES string of the molecule is CCN(CC)Cc1c(O)cc(C)c2c1O/C(=C\c1cn(C)c3ccc(OC)cc13)C2=O. The van der Waals surface area contributed by atoms with Crippen molar-refractivity contribution < 1.29 is 19.4 Å². The molecule has 6 nitrogen and oxygen atoms in total. The number of rotatable bonds is 6. The van der Waals surface area contributed by atoms with Crippen molar-refractivity contribution in [1.29, 1.82) is 0 Å². The number of methoxy groups -OCH3 is 1. The number of phenolic OH excluding ortho intramolecular Hbond substituents is 1. The molecule has 1 aliphatic rings. The minimum absolute atomic E-state index is 0.159. The maximum atomic E-state index is 13.3. The normalized spacial score (nSPS) is 14.5. The number of nitrogens with zero attached hydrogens (tertiary/aromatic N) is 2. The number of ether oxygens (including phenoxy) is 2. The first kappa shape index (κ1) is 21.0. The number of Topliss-reactive ketones (excluding diaryl/α,β-unsaturated/α-hetero) is 1. The summed E-state index contributed by atoms with van der Waals surface area (Å²) in [5, 5.41) is 11.6. The van der Waals surface area contributed by atoms with Crippen molar-refractivity contribution in [3.05, 3.63) is 58.5 Å². The van der Waals surface area contributed by atoms with Gasteiger partial charge in [-0.05, 0) is 55.9 Å². The van der Waals surface area contributed by atoms with Crippen LogP contribution in [0.25, 0.3) is 17.0 Å². The van der Waals surface area contributed by atoms with Crippen LogP contribution < -0.4 is 9.47 Å². The highest BCUT2D eigenvalue weighted by atomic mass is 16.5. The van der Waals surface area contributed by atoms with Gasteiger partial charge in [-0.3, -0.25) is 9.69 Å². The molecule has 6 heteroatoms. The molecule has 2 heterocycles. The van der Waals surface area contributed by atoms with Crippen LogP contribution in [0.1, 0.15) is 40.9 Å². The second kappa shape index (κ2) is 8.12. The fraction of sp³-hybridized carbons (Fsp3) is 0.320. The molecule has 0 unspecified atom stereocenters. The number of fused-ring (bicyclic) bond motifs is 2. The van der Waals surface area contributed by atoms with Crippen LogP contribution in [0.3, 0.4) is 0 Å². The van der Waals surface area contributed by atoms with Crippen molar-refractivity contribution in [1.82, 2.24) is 9.47 Å². The summed E-state index contributed by atoms with van der Waals surface area (Å²) in [4.78, 5) is 15.4. The van der Waals surface area contributed by atoms with Gasteiger partial charge in [-0.1, -0.05) is 13.8 Å². The van der Waals surface area contributed by atoms with Crippen molar-refractivity contribution in [3.8, 4) is 17.2 Å². The van der Waals surface area contributed by atoms with Crippen LogP contribution in [0.2, 0.25) is 0 Å². The zero-order valence-electron chi connectivity index (χ0n) is 18.7. The third-order valence-electron chi connectivity index (χ3n) is 6.01. The molecule has 0 radical (unpaired) electrons. The predicted octanol–water partition coefficient (Wildman–Crippen LogP) is 4.66. The molecule has 3 aromatic rings. The number of aromatic nitrogens is 1. The van der Waals surface area contributed by atoms with Crippen molar-refractivity contribution in [2.45, 2.75) is 27.3 Å². The van der Waals surface area contributed by atoms with E-state index in [1.54, 1.807) is 19.3 Å². The average Bonchev–Trinajstić information content (AvgIpc) is 3.25. The quantitative estimate of drug-likeness (QED) is 0.588. The summed E-state index contributed by atoms with van der Waals surface area (Å²) in [5.41, 5.74) is 3.81. The third kappa shape index (κ3) is 3.57. The van der Waals surface area contributed by atoms with Crippen LogP contribution in [0, 0.1) is 6.92 Å². The van der Waals surface area contributed by atoms with E-state index >= 15 is 0 Å². The molecule has 1 aliphatic heterocycles. The number of hydrogen-bond donors (Lipinski definition) is 1. The van der Waals surface area contributed by atoms with E-state index in [1.807, 2.05) is 42.9 Å². The van der Waals surface area contributed by atoms with Gasteiger partial charge in [0.15, 0.2) is 5.76 Å². The molecule has 0 spiro atoms. The van der Waals surface area contributed by atoms with E-state index in [4.69, 9.17) is 9.47 Å². The standard InChI is InChI=1S/C25H28N2O4/c1-6-27(7-2)14-19-21(28)10-15(3)23-24(29)22(31-25(19)23)11-16-13-26(4)20-9-8-17(30-5)12-18(16)20/h8-13,28H,6-7,14H2,1-5H3/b22-11-. The highest BCUT2D eigenvalue weighted by Gasteiger charge is 2.33. The first-order valence-electron chi connectivity index (χ1n) is 10.5. The Hall–Kier alpha value is -3.25. The fourth-order valence-corrected chi connectivity index (χ4v) is 4.19. The van der Waals surface area contributed by atoms with Crippen LogP contribution in [0.15, 0.2) is 36.2 Å². The molecule has 0 bridgehead atoms. The molecule has 2 aromatic carbocycles. The van der Waals surface area contributed by atoms with Crippen molar-refractivity contribution in [3.63, 3.8) is 0 Å². The number of carbonyl (C=O) groups excluding carboxylic acids is 1. The molecule has 1 N–H and O–H groups in total. The van der Waals surface area contributed by atoms with Crippen LogP contribution in [-0.4, -0.2) is 40.6 Å². The Labute approximate surface area is 182 Å². The van der Waals surface area contributed by atoms with Gasteiger partial charge in [0.25, 0.3) is 0 Å². The Bertz CT molecular complexity index is 1200. The number of benzene rings is 2. The molecule has 0 amide bonds. The molecule has 0 fully saturated rings. The Morgan fingerprint density at radius 3 is 2.65 bits per heavy atom. The second-order valence-corrected chi connectivity index (χ2v) is 7.87. The monoisotopic (exact) mass is 420 g/mol. The zero-order valence-corrected chi connectivity index (χ0v) is 18.7. The zero-order chi connectivity index (χ0) is 22.3. The van der Waals surface area contributed by atoms with E-state index in [9.17, 15) is 9.90 Å². The molecular weight excluding hydrogens is 392 g/mol. The maximum absolute atomic E-state index is 13.3. The molecule has 0 aliphatic carbocycles. The minimum Gasteiger partial charge on any atom is -0.507 e. The van der Waals surface area contributed by atoms with E-state index in [0.29, 0.717) is 29.0 Å². The van der Waals surface area contributed by atoms with E-state index in [2.05, 4.69) is 18.7 Å². The number of aryl methyl sites for hydroxylation is 2. The summed E-state index contributed by atoms with van der Waals surface area (Å²) in [5.74, 6) is 1.49. The van der Waals surface area contributed by atoms with Gasteiger partial charge in [-0.25, -0.2) is 0 Å². The van der Waals surface area contributed by atoms with Crippen LogP contribution >= 0.6 is 0 Å². The second-order valence-electron chi connectivity index (χ2n) is 7.87. The summed E-state index contributed by atoms with van der Waals surface area (Å²) in [6, 6.07) is 7.52. The average molecular weight is 421 g/mol. The Kier molecular flexibility index (Phi) is 5.50. The van der Waals surface area contributed by atoms with E-state index in [-0.39, 0.29) is 17.3 Å². The van der Waals surface area contributed by atoms with Gasteiger partial charge in [0, 0.05) is 36.3 Å². The molecule has 0 atom stereocenters. The lowest BCUT2D eigenvalue weighted by Crippen LogP contribution is -2.22. The third-order valence-corrected chi connectivity index (χ3v) is 6.01. The van der Waals surface area contributed by atoms with E-state index in [0.717, 1.165) is 35.3 Å². The predicted molar refractivity (Wildman–Crippen MR) is 122 cm³/mol. The van der Waals surface area contributed by atoms with Gasteiger partial charge in [0.1, 0.15) is 17.2 Å². The first-order chi connectivity index (χ1) is 14.9. The van der Waals surface area contributed by atoms with Crippen molar-refractivity contribution >= 4 is 22.8 Å². The summed E-state index contributed by atoms with van der Waals surface area (Å²) in [6.07, 6.45) is 3.75. The van der Waals surface area contributed by atoms with Gasteiger partial charge in [-0.2, -0.15) is 0 Å². The topological polar surface area (TPSA) is 63.9 Å². The van der Waals surface area contributed by atoms with Gasteiger partial charge in [0.05, 0.1) is 18.2 Å². The Morgan fingerprint density at radius 1 is 1.23 bits per heavy atom. The maximum Gasteiger partial charge on any atom is 0.232 e. The summed E-state index contributed by atoms with van der Waals surface area (Å²) < 4.78 is 13.5. The summed E-state index contributed by atoms with van der Waals surface area (Å²) >= 11 is 0.